The van der Waals surface area contributed by atoms with Gasteiger partial charge < -0.3 is 14.5 Å². The molecule has 2 aromatic carbocycles. The molecule has 46 heavy (non-hydrogen) atoms. The van der Waals surface area contributed by atoms with Crippen LogP contribution in [0.25, 0.3) is 11.1 Å². The van der Waals surface area contributed by atoms with Gasteiger partial charge in [0.2, 0.25) is 5.91 Å². The average Bonchev–Trinajstić information content (AvgIpc) is 2.98. The third kappa shape index (κ3) is 6.57. The summed E-state index contributed by atoms with van der Waals surface area (Å²) in [6, 6.07) is 7.38. The Morgan fingerprint density at radius 2 is 1.57 bits per heavy atom. The van der Waals surface area contributed by atoms with E-state index in [-0.39, 0.29) is 23.8 Å². The van der Waals surface area contributed by atoms with E-state index in [1.165, 1.54) is 44.1 Å². The van der Waals surface area contributed by atoms with Gasteiger partial charge in [-0.2, -0.15) is 26.3 Å². The van der Waals surface area contributed by atoms with Crippen molar-refractivity contribution in [2.24, 2.45) is 0 Å². The van der Waals surface area contributed by atoms with E-state index in [0.717, 1.165) is 13.1 Å². The second-order valence-electron chi connectivity index (χ2n) is 12.5. The van der Waals surface area contributed by atoms with Crippen molar-refractivity contribution in [3.05, 3.63) is 76.7 Å². The Kier molecular flexibility index (Phi) is 8.88. The smallest absolute Gasteiger partial charge is 0.378 e. The number of anilines is 2. The van der Waals surface area contributed by atoms with Crippen LogP contribution in [0.4, 0.5) is 42.2 Å². The van der Waals surface area contributed by atoms with E-state index < -0.39 is 46.2 Å². The van der Waals surface area contributed by atoms with Crippen molar-refractivity contribution in [2.45, 2.75) is 57.5 Å². The molecule has 0 bridgehead atoms. The van der Waals surface area contributed by atoms with Crippen molar-refractivity contribution >= 4 is 17.4 Å². The molecule has 1 unspecified atom stereocenters. The molecule has 3 aromatic rings. The number of rotatable bonds is 5. The fourth-order valence-corrected chi connectivity index (χ4v) is 6.24. The van der Waals surface area contributed by atoms with Gasteiger partial charge in [0, 0.05) is 38.3 Å². The SMILES string of the molecule is Cc1cc(F)ccc1-c1cc(N2CC3COCCN3C[C@H]2C)ncc1N(C)C(=O)C(C)(C)c1cc(C(F)(F)F)cc(C(F)(F)F)c1. The number of likely N-dealkylation sites (N-methyl/N-ethyl adjacent to an activating group) is 1. The number of alkyl halides is 6. The lowest BCUT2D eigenvalue weighted by atomic mass is 9.81. The lowest BCUT2D eigenvalue weighted by molar-refractivity contribution is -0.143. The summed E-state index contributed by atoms with van der Waals surface area (Å²) in [5, 5.41) is 0. The van der Waals surface area contributed by atoms with Gasteiger partial charge in [-0.05, 0) is 80.8 Å². The van der Waals surface area contributed by atoms with E-state index >= 15 is 0 Å². The van der Waals surface area contributed by atoms with E-state index in [1.54, 1.807) is 19.1 Å². The highest BCUT2D eigenvalue weighted by Crippen LogP contribution is 2.41. The zero-order valence-corrected chi connectivity index (χ0v) is 26.1. The van der Waals surface area contributed by atoms with E-state index in [0.29, 0.717) is 54.4 Å². The Morgan fingerprint density at radius 3 is 2.17 bits per heavy atom. The number of hydrogen-bond acceptors (Lipinski definition) is 5. The first-order valence-corrected chi connectivity index (χ1v) is 14.8. The molecule has 2 aliphatic heterocycles. The molecule has 0 saturated carbocycles. The first kappa shape index (κ1) is 33.6. The molecule has 2 fully saturated rings. The average molecular weight is 653 g/mol. The summed E-state index contributed by atoms with van der Waals surface area (Å²) >= 11 is 0. The fourth-order valence-electron chi connectivity index (χ4n) is 6.24. The molecule has 5 rings (SSSR count). The molecule has 1 aromatic heterocycles. The van der Waals surface area contributed by atoms with Gasteiger partial charge in [-0.15, -0.1) is 0 Å². The molecule has 248 valence electrons. The van der Waals surface area contributed by atoms with Crippen molar-refractivity contribution in [1.29, 1.82) is 0 Å². The van der Waals surface area contributed by atoms with Crippen LogP contribution in [0.1, 0.15) is 43.0 Å². The molecule has 2 atom stereocenters. The van der Waals surface area contributed by atoms with Crippen LogP contribution in [-0.4, -0.2) is 67.8 Å². The quantitative estimate of drug-likeness (QED) is 0.276. The zero-order chi connectivity index (χ0) is 33.8. The minimum atomic E-state index is -5.07. The minimum absolute atomic E-state index is 0.0338. The van der Waals surface area contributed by atoms with Crippen LogP contribution in [0.3, 0.4) is 0 Å². The zero-order valence-electron chi connectivity index (χ0n) is 26.1. The molecular weight excluding hydrogens is 617 g/mol. The van der Waals surface area contributed by atoms with Gasteiger partial charge in [0.1, 0.15) is 11.6 Å². The molecule has 6 nitrogen and oxygen atoms in total. The summed E-state index contributed by atoms with van der Waals surface area (Å²) in [5.41, 5.74) is -3.38. The van der Waals surface area contributed by atoms with Crippen LogP contribution in [0.2, 0.25) is 0 Å². The number of pyridine rings is 1. The fraction of sp³-hybridized carbons (Fsp3) is 0.455. The second-order valence-corrected chi connectivity index (χ2v) is 12.5. The van der Waals surface area contributed by atoms with Crippen molar-refractivity contribution in [2.75, 3.05) is 49.7 Å². The number of halogens is 7. The highest BCUT2D eigenvalue weighted by atomic mass is 19.4. The van der Waals surface area contributed by atoms with Crippen molar-refractivity contribution < 1.29 is 40.3 Å². The van der Waals surface area contributed by atoms with Gasteiger partial charge in [0.05, 0.1) is 47.7 Å². The monoisotopic (exact) mass is 652 g/mol. The molecule has 13 heteroatoms. The Labute approximate surface area is 262 Å². The Balaban J connectivity index is 1.58. The molecule has 2 saturated heterocycles. The summed E-state index contributed by atoms with van der Waals surface area (Å²) in [6.07, 6.45) is -8.67. The van der Waals surface area contributed by atoms with Crippen LogP contribution in [-0.2, 0) is 27.3 Å². The third-order valence-electron chi connectivity index (χ3n) is 8.94. The van der Waals surface area contributed by atoms with Crippen molar-refractivity contribution in [3.8, 4) is 11.1 Å². The number of nitrogens with zero attached hydrogens (tertiary/aromatic N) is 4. The van der Waals surface area contributed by atoms with Gasteiger partial charge in [-0.3, -0.25) is 9.69 Å². The van der Waals surface area contributed by atoms with Crippen LogP contribution < -0.4 is 9.80 Å². The second kappa shape index (κ2) is 12.1. The Bertz CT molecular complexity index is 1590. The number of ether oxygens (including phenoxy) is 1. The lowest BCUT2D eigenvalue weighted by Gasteiger charge is -2.47. The maximum atomic E-state index is 14.1. The summed E-state index contributed by atoms with van der Waals surface area (Å²) < 4.78 is 102. The number of carbonyl (C=O) groups is 1. The molecule has 0 spiro atoms. The Hall–Kier alpha value is -3.71. The molecule has 2 aliphatic rings. The van der Waals surface area contributed by atoms with Crippen molar-refractivity contribution in [1.82, 2.24) is 9.88 Å². The number of fused-ring (bicyclic) bond motifs is 1. The van der Waals surface area contributed by atoms with E-state index in [1.807, 2.05) is 0 Å². The maximum Gasteiger partial charge on any atom is 0.416 e. The summed E-state index contributed by atoms with van der Waals surface area (Å²) in [7, 11) is 1.39. The standard InChI is InChI=1S/C33H35F7N4O2/c1-19-10-24(34)6-7-26(19)27-14-29(44-17-25-18-46-9-8-43(25)16-20(44)2)41-15-28(27)42(5)30(45)31(3,4)21-11-22(32(35,36)37)13-23(12-21)33(38,39)40/h6-7,10-15,20,25H,8-9,16-18H2,1-5H3/t20-,25?/m1/s1. The van der Waals surface area contributed by atoms with Crippen LogP contribution in [0.5, 0.6) is 0 Å². The van der Waals surface area contributed by atoms with Gasteiger partial charge >= 0.3 is 12.4 Å². The number of amides is 1. The van der Waals surface area contributed by atoms with Gasteiger partial charge in [0.15, 0.2) is 0 Å². The predicted octanol–water partition coefficient (Wildman–Crippen LogP) is 7.08. The van der Waals surface area contributed by atoms with E-state index in [4.69, 9.17) is 4.74 Å². The summed E-state index contributed by atoms with van der Waals surface area (Å²) in [4.78, 5) is 24.4. The molecule has 1 amide bonds. The molecule has 3 heterocycles. The number of benzene rings is 2. The van der Waals surface area contributed by atoms with Gasteiger partial charge in [0.25, 0.3) is 0 Å². The molecule has 0 N–H and O–H groups in total. The van der Waals surface area contributed by atoms with Crippen LogP contribution in [0, 0.1) is 12.7 Å². The predicted molar refractivity (Wildman–Crippen MR) is 160 cm³/mol. The normalized spacial score (nSPS) is 19.6. The van der Waals surface area contributed by atoms with Gasteiger partial charge in [-0.25, -0.2) is 9.37 Å². The number of aromatic nitrogens is 1. The number of hydrogen-bond donors (Lipinski definition) is 0. The third-order valence-corrected chi connectivity index (χ3v) is 8.94. The topological polar surface area (TPSA) is 48.9 Å². The number of aryl methyl sites for hydroxylation is 1. The number of carbonyl (C=O) groups excluding carboxylic acids is 1. The number of morpholine rings is 1. The summed E-state index contributed by atoms with van der Waals surface area (Å²) in [5.74, 6) is -0.625. The van der Waals surface area contributed by atoms with Crippen LogP contribution >= 0.6 is 0 Å². The number of piperazine rings is 1. The van der Waals surface area contributed by atoms with Crippen LogP contribution in [0.15, 0.2) is 48.7 Å². The minimum Gasteiger partial charge on any atom is -0.378 e. The first-order chi connectivity index (χ1) is 21.4. The van der Waals surface area contributed by atoms with Gasteiger partial charge in [-0.1, -0.05) is 6.07 Å². The van der Waals surface area contributed by atoms with Crippen molar-refractivity contribution in [3.63, 3.8) is 0 Å². The van der Waals surface area contributed by atoms with E-state index in [9.17, 15) is 35.5 Å². The molecule has 0 radical (unpaired) electrons. The Morgan fingerprint density at radius 1 is 0.935 bits per heavy atom. The first-order valence-electron chi connectivity index (χ1n) is 14.8. The largest absolute Gasteiger partial charge is 0.416 e. The maximum absolute atomic E-state index is 14.1. The van der Waals surface area contributed by atoms with E-state index in [2.05, 4.69) is 21.7 Å². The highest BCUT2D eigenvalue weighted by Gasteiger charge is 2.42. The summed E-state index contributed by atoms with van der Waals surface area (Å²) in [6.45, 7) is 9.82. The molecular formula is C33H35F7N4O2. The highest BCUT2D eigenvalue weighted by molar-refractivity contribution is 6.03. The lowest BCUT2D eigenvalue weighted by Crippen LogP contribution is -2.61. The molecule has 0 aliphatic carbocycles.